The van der Waals surface area contributed by atoms with E-state index < -0.39 is 0 Å². The lowest BCUT2D eigenvalue weighted by molar-refractivity contribution is 1.12. The van der Waals surface area contributed by atoms with Crippen LogP contribution >= 0.6 is 0 Å². The maximum atomic E-state index is 11.5. The SMILES string of the molecule is N#Cc1cc(C#N)cc(-c2ccc3c4ccc(-c5cc(C#N)cc(C#N)c5)cc4n(-c4cc(C#N)cc(-n5c6cc(-c7cc(C#N)cc(C#N)c7)ccc6c6ccc(-c7cc(C#N)cc(C#N)c7)cc65)c4-c4cccc(-c5ccccc5)n4)c3c2)c1. The first-order valence-electron chi connectivity index (χ1n) is 26.7. The van der Waals surface area contributed by atoms with Crippen LogP contribution in [0.15, 0.2) is 206 Å². The van der Waals surface area contributed by atoms with E-state index in [1.807, 2.05) is 133 Å². The van der Waals surface area contributed by atoms with Gasteiger partial charge in [-0.2, -0.15) is 47.4 Å². The summed E-state index contributed by atoms with van der Waals surface area (Å²) < 4.78 is 4.18. The quantitative estimate of drug-likeness (QED) is 0.139. The van der Waals surface area contributed by atoms with E-state index in [-0.39, 0.29) is 5.56 Å². The van der Waals surface area contributed by atoms with Gasteiger partial charge in [-0.1, -0.05) is 84.9 Å². The number of aromatic nitrogens is 3. The number of pyridine rings is 1. The van der Waals surface area contributed by atoms with Crippen LogP contribution in [-0.2, 0) is 0 Å². The smallest absolute Gasteiger partial charge is 0.0993 e. The van der Waals surface area contributed by atoms with Gasteiger partial charge in [0, 0.05) is 32.7 Å². The zero-order valence-electron chi connectivity index (χ0n) is 45.0. The van der Waals surface area contributed by atoms with Gasteiger partial charge in [0.25, 0.3) is 0 Å². The third-order valence-electron chi connectivity index (χ3n) is 15.4. The number of fused-ring (bicyclic) bond motifs is 6. The summed E-state index contributed by atoms with van der Waals surface area (Å²) in [5.41, 5.74) is 14.4. The van der Waals surface area contributed by atoms with Crippen molar-refractivity contribution in [3.05, 3.63) is 256 Å². The van der Waals surface area contributed by atoms with Gasteiger partial charge in [-0.15, -0.1) is 0 Å². The van der Waals surface area contributed by atoms with Crippen LogP contribution in [0.2, 0.25) is 0 Å². The molecule has 3 aromatic heterocycles. The Balaban J connectivity index is 1.22. The first kappa shape index (κ1) is 51.8. The molecule has 12 nitrogen and oxygen atoms in total. The minimum atomic E-state index is 0.268. The summed E-state index contributed by atoms with van der Waals surface area (Å²) in [5, 5.41) is 95.9. The van der Waals surface area contributed by atoms with Gasteiger partial charge in [0.2, 0.25) is 0 Å². The second-order valence-corrected chi connectivity index (χ2v) is 20.5. The lowest BCUT2D eigenvalue weighted by Crippen LogP contribution is -2.06. The third kappa shape index (κ3) is 8.96. The summed E-state index contributed by atoms with van der Waals surface area (Å²) in [6.07, 6.45) is 0. The summed E-state index contributed by atoms with van der Waals surface area (Å²) in [5.74, 6) is 0. The van der Waals surface area contributed by atoms with Crippen LogP contribution in [0.5, 0.6) is 0 Å². The Kier molecular flexibility index (Phi) is 12.7. The molecule has 0 saturated heterocycles. The number of hydrogen-bond acceptors (Lipinski definition) is 10. The summed E-state index contributed by atoms with van der Waals surface area (Å²) in [4.78, 5) is 5.49. The normalized spacial score (nSPS) is 10.7. The fourth-order valence-electron chi connectivity index (χ4n) is 11.6. The van der Waals surface area contributed by atoms with E-state index in [9.17, 15) is 47.4 Å². The molecule has 12 heteroatoms. The van der Waals surface area contributed by atoms with Gasteiger partial charge in [-0.25, -0.2) is 4.98 Å². The van der Waals surface area contributed by atoms with Gasteiger partial charge in [-0.05, 0) is 166 Å². The number of nitrogens with zero attached hydrogens (tertiary/aromatic N) is 12. The Bertz CT molecular complexity index is 4850. The fourth-order valence-corrected chi connectivity index (χ4v) is 11.6. The molecule has 0 aliphatic carbocycles. The highest BCUT2D eigenvalue weighted by Gasteiger charge is 2.26. The Hall–Kier alpha value is -13.6. The van der Waals surface area contributed by atoms with E-state index in [1.165, 1.54) is 24.3 Å². The Morgan fingerprint density at radius 2 is 0.512 bits per heavy atom. The molecule has 13 rings (SSSR count). The average molecular weight is 1090 g/mol. The zero-order chi connectivity index (χ0) is 59.2. The Morgan fingerprint density at radius 3 is 0.802 bits per heavy atom. The topological polar surface area (TPSA) is 237 Å². The monoisotopic (exact) mass is 1090 g/mol. The van der Waals surface area contributed by atoms with E-state index in [1.54, 1.807) is 48.5 Å². The number of benzene rings is 10. The molecule has 86 heavy (non-hydrogen) atoms. The molecule has 0 aliphatic rings. The van der Waals surface area contributed by atoms with E-state index in [2.05, 4.69) is 63.8 Å². The van der Waals surface area contributed by atoms with Gasteiger partial charge in [0.1, 0.15) is 0 Å². The highest BCUT2D eigenvalue weighted by atomic mass is 15.0. The van der Waals surface area contributed by atoms with Crippen molar-refractivity contribution in [2.75, 3.05) is 0 Å². The van der Waals surface area contributed by atoms with Gasteiger partial charge in [0.05, 0.1) is 150 Å². The Morgan fingerprint density at radius 1 is 0.233 bits per heavy atom. The molecule has 13 aromatic rings. The number of nitriles is 9. The molecule has 3 heterocycles. The summed E-state index contributed by atoms with van der Waals surface area (Å²) in [6.45, 7) is 0. The van der Waals surface area contributed by atoms with Gasteiger partial charge < -0.3 is 9.13 Å². The van der Waals surface area contributed by atoms with Crippen molar-refractivity contribution in [3.63, 3.8) is 0 Å². The van der Waals surface area contributed by atoms with Crippen molar-refractivity contribution in [1.29, 1.82) is 47.4 Å². The maximum absolute atomic E-state index is 11.5. The van der Waals surface area contributed by atoms with Crippen molar-refractivity contribution in [2.24, 2.45) is 0 Å². The summed E-state index contributed by atoms with van der Waals surface area (Å²) in [6, 6.07) is 83.2. The van der Waals surface area contributed by atoms with Crippen molar-refractivity contribution in [2.45, 2.75) is 0 Å². The predicted molar refractivity (Wildman–Crippen MR) is 328 cm³/mol. The molecule has 10 aromatic carbocycles. The standard InChI is InChI=1S/C74H34N12/c75-35-44-17-45(36-76)22-58(21-44)54-9-13-62-63-14-10-55(59-23-46(37-77)18-47(24-59)38-78)32-69(63)85(68(62)31-54)72-29-52(43-83)30-73(74(72)67-8-4-7-66(84-67)53-5-2-1-3-6-53)86-70-33-56(60-25-48(39-79)19-49(26-60)40-80)11-15-64(70)65-16-12-57(34-71(65)86)61-27-50(41-81)20-51(28-61)42-82/h1-34H. The van der Waals surface area contributed by atoms with Crippen LogP contribution in [0.25, 0.3) is 122 Å². The van der Waals surface area contributed by atoms with E-state index in [0.29, 0.717) is 139 Å². The first-order chi connectivity index (χ1) is 42.1. The van der Waals surface area contributed by atoms with Crippen LogP contribution in [0.4, 0.5) is 0 Å². The van der Waals surface area contributed by atoms with Gasteiger partial charge in [-0.3, -0.25) is 0 Å². The number of rotatable bonds is 8. The molecule has 0 bridgehead atoms. The fraction of sp³-hybridized carbons (Fsp3) is 0. The summed E-state index contributed by atoms with van der Waals surface area (Å²) >= 11 is 0. The van der Waals surface area contributed by atoms with Gasteiger partial charge >= 0.3 is 0 Å². The van der Waals surface area contributed by atoms with E-state index in [4.69, 9.17) is 4.98 Å². The molecular weight excluding hydrogens is 1060 g/mol. The van der Waals surface area contributed by atoms with Crippen molar-refractivity contribution in [3.8, 4) is 133 Å². The molecule has 0 aliphatic heterocycles. The second kappa shape index (κ2) is 21.1. The molecule has 0 saturated carbocycles. The maximum Gasteiger partial charge on any atom is 0.0993 e. The largest absolute Gasteiger partial charge is 0.308 e. The predicted octanol–water partition coefficient (Wildman–Crippen LogP) is 16.1. The highest BCUT2D eigenvalue weighted by molar-refractivity contribution is 6.14. The molecular formula is C74H34N12. The third-order valence-corrected chi connectivity index (χ3v) is 15.4. The van der Waals surface area contributed by atoms with Crippen molar-refractivity contribution in [1.82, 2.24) is 14.1 Å². The second-order valence-electron chi connectivity index (χ2n) is 20.5. The average Bonchev–Trinajstić information content (AvgIpc) is 1.63. The van der Waals surface area contributed by atoms with Crippen molar-refractivity contribution < 1.29 is 0 Å². The molecule has 0 unspecified atom stereocenters. The van der Waals surface area contributed by atoms with E-state index >= 15 is 0 Å². The lowest BCUT2D eigenvalue weighted by atomic mass is 9.98. The van der Waals surface area contributed by atoms with Crippen LogP contribution in [0.3, 0.4) is 0 Å². The molecule has 0 N–H and O–H groups in total. The lowest BCUT2D eigenvalue weighted by Gasteiger charge is -2.21. The van der Waals surface area contributed by atoms with Crippen LogP contribution < -0.4 is 0 Å². The molecule has 0 atom stereocenters. The molecule has 0 amide bonds. The highest BCUT2D eigenvalue weighted by Crippen LogP contribution is 2.46. The minimum Gasteiger partial charge on any atom is -0.308 e. The number of hydrogen-bond donors (Lipinski definition) is 0. The molecule has 0 spiro atoms. The Labute approximate surface area is 491 Å². The molecule has 0 fully saturated rings. The van der Waals surface area contributed by atoms with E-state index in [0.717, 1.165) is 27.1 Å². The van der Waals surface area contributed by atoms with Crippen LogP contribution in [0.1, 0.15) is 50.1 Å². The van der Waals surface area contributed by atoms with Gasteiger partial charge in [0.15, 0.2) is 0 Å². The summed E-state index contributed by atoms with van der Waals surface area (Å²) in [7, 11) is 0. The van der Waals surface area contributed by atoms with Crippen molar-refractivity contribution >= 4 is 43.6 Å². The first-order valence-corrected chi connectivity index (χ1v) is 26.7. The van der Waals surface area contributed by atoms with Crippen LogP contribution in [-0.4, -0.2) is 14.1 Å². The minimum absolute atomic E-state index is 0.268. The zero-order valence-corrected chi connectivity index (χ0v) is 45.0. The molecule has 390 valence electrons. The van der Waals surface area contributed by atoms with Crippen LogP contribution in [0, 0.1) is 102 Å². The molecule has 0 radical (unpaired) electrons.